The minimum atomic E-state index is -3.84. The van der Waals surface area contributed by atoms with Gasteiger partial charge >= 0.3 is 0 Å². The number of benzene rings is 1. The average Bonchev–Trinajstić information content (AvgIpc) is 3.30. The molecule has 7 heteroatoms. The molecule has 5 rings (SSSR count). The first-order chi connectivity index (χ1) is 18.9. The van der Waals surface area contributed by atoms with Crippen LogP contribution in [0.5, 0.6) is 0 Å². The monoisotopic (exact) mass is 573 g/mol. The fraction of sp³-hybridized carbons (Fsp3) is 0.788. The number of aliphatic hydroxyl groups is 2. The van der Waals surface area contributed by atoms with E-state index in [0.29, 0.717) is 41.9 Å². The summed E-state index contributed by atoms with van der Waals surface area (Å²) >= 11 is 0. The lowest BCUT2D eigenvalue weighted by Crippen LogP contribution is -2.62. The number of rotatable bonds is 7. The Labute approximate surface area is 242 Å². The molecule has 4 aliphatic carbocycles. The second kappa shape index (κ2) is 11.0. The van der Waals surface area contributed by atoms with Crippen LogP contribution < -0.4 is 0 Å². The summed E-state index contributed by atoms with van der Waals surface area (Å²) in [6.45, 7) is 9.38. The third kappa shape index (κ3) is 4.76. The molecule has 0 radical (unpaired) electrons. The molecule has 40 heavy (non-hydrogen) atoms. The van der Waals surface area contributed by atoms with Crippen LogP contribution in [0.15, 0.2) is 35.2 Å². The maximum atomic E-state index is 13.0. The molecular formula is C33H51NO5S. The van der Waals surface area contributed by atoms with Gasteiger partial charge in [-0.3, -0.25) is 4.79 Å². The molecule has 0 aliphatic heterocycles. The van der Waals surface area contributed by atoms with E-state index in [4.69, 9.17) is 0 Å². The summed E-state index contributed by atoms with van der Waals surface area (Å²) < 4.78 is 26.8. The van der Waals surface area contributed by atoms with Gasteiger partial charge < -0.3 is 10.2 Å². The van der Waals surface area contributed by atoms with Crippen molar-refractivity contribution < 1.29 is 23.4 Å². The van der Waals surface area contributed by atoms with Crippen molar-refractivity contribution in [3.63, 3.8) is 0 Å². The maximum Gasteiger partial charge on any atom is 0.266 e. The highest BCUT2D eigenvalue weighted by molar-refractivity contribution is 7.89. The Balaban J connectivity index is 1.29. The Hall–Kier alpha value is -1.44. The van der Waals surface area contributed by atoms with Crippen molar-refractivity contribution in [2.45, 2.75) is 109 Å². The largest absolute Gasteiger partial charge is 0.393 e. The number of fused-ring (bicyclic) bond motifs is 5. The van der Waals surface area contributed by atoms with Crippen molar-refractivity contribution in [2.75, 3.05) is 7.05 Å². The molecule has 0 heterocycles. The van der Waals surface area contributed by atoms with Gasteiger partial charge in [-0.05, 0) is 116 Å². The third-order valence-electron chi connectivity index (χ3n) is 12.7. The summed E-state index contributed by atoms with van der Waals surface area (Å²) in [6.07, 6.45) is 8.61. The predicted octanol–water partition coefficient (Wildman–Crippen LogP) is 5.88. The van der Waals surface area contributed by atoms with Gasteiger partial charge in [-0.25, -0.2) is 12.7 Å². The van der Waals surface area contributed by atoms with Crippen molar-refractivity contribution in [1.82, 2.24) is 4.31 Å². The van der Waals surface area contributed by atoms with E-state index in [1.54, 1.807) is 18.2 Å². The third-order valence-corrected chi connectivity index (χ3v) is 14.5. The van der Waals surface area contributed by atoms with Gasteiger partial charge in [0.15, 0.2) is 0 Å². The molecule has 11 atom stereocenters. The molecule has 224 valence electrons. The first-order valence-electron chi connectivity index (χ1n) is 15.8. The molecule has 4 unspecified atom stereocenters. The Morgan fingerprint density at radius 1 is 1.00 bits per heavy atom. The minimum Gasteiger partial charge on any atom is -0.393 e. The van der Waals surface area contributed by atoms with Crippen LogP contribution in [0.3, 0.4) is 0 Å². The van der Waals surface area contributed by atoms with Crippen LogP contribution in [0, 0.1) is 52.3 Å². The van der Waals surface area contributed by atoms with E-state index in [2.05, 4.69) is 27.7 Å². The van der Waals surface area contributed by atoms with Crippen LogP contribution in [-0.2, 0) is 14.8 Å². The number of hydrogen-bond donors (Lipinski definition) is 2. The molecule has 6 nitrogen and oxygen atoms in total. The van der Waals surface area contributed by atoms with Gasteiger partial charge in [0, 0.05) is 13.5 Å². The van der Waals surface area contributed by atoms with Crippen molar-refractivity contribution in [1.29, 1.82) is 0 Å². The maximum absolute atomic E-state index is 13.0. The summed E-state index contributed by atoms with van der Waals surface area (Å²) in [4.78, 5) is 13.2. The lowest BCUT2D eigenvalue weighted by atomic mass is 9.41. The van der Waals surface area contributed by atoms with Crippen LogP contribution in [0.4, 0.5) is 0 Å². The zero-order valence-corrected chi connectivity index (χ0v) is 25.9. The van der Waals surface area contributed by atoms with Crippen LogP contribution in [0.25, 0.3) is 0 Å². The van der Waals surface area contributed by atoms with E-state index < -0.39 is 10.0 Å². The molecule has 4 saturated carbocycles. The van der Waals surface area contributed by atoms with Gasteiger partial charge in [0.05, 0.1) is 17.1 Å². The predicted molar refractivity (Wildman–Crippen MR) is 157 cm³/mol. The highest BCUT2D eigenvalue weighted by atomic mass is 32.2. The van der Waals surface area contributed by atoms with Crippen molar-refractivity contribution in [3.8, 4) is 0 Å². The van der Waals surface area contributed by atoms with E-state index in [1.807, 2.05) is 0 Å². The van der Waals surface area contributed by atoms with E-state index >= 15 is 0 Å². The van der Waals surface area contributed by atoms with Gasteiger partial charge in [-0.2, -0.15) is 0 Å². The summed E-state index contributed by atoms with van der Waals surface area (Å²) in [7, 11) is -2.47. The first kappa shape index (κ1) is 30.0. The number of hydrogen-bond acceptors (Lipinski definition) is 5. The fourth-order valence-electron chi connectivity index (χ4n) is 10.5. The van der Waals surface area contributed by atoms with E-state index in [9.17, 15) is 23.4 Å². The van der Waals surface area contributed by atoms with Gasteiger partial charge in [0.2, 0.25) is 5.91 Å². The summed E-state index contributed by atoms with van der Waals surface area (Å²) in [5, 5.41) is 22.4. The minimum absolute atomic E-state index is 0.127. The Bertz CT molecular complexity index is 1170. The highest BCUT2D eigenvalue weighted by Gasteiger charge is 2.64. The summed E-state index contributed by atoms with van der Waals surface area (Å²) in [5.74, 6) is 2.35. The number of sulfonamides is 1. The topological polar surface area (TPSA) is 94.9 Å². The molecule has 1 aromatic carbocycles. The number of carbonyl (C=O) groups excluding carboxylic acids is 1. The normalized spacial score (nSPS) is 41.9. The second-order valence-corrected chi connectivity index (χ2v) is 16.3. The van der Waals surface area contributed by atoms with Crippen LogP contribution in [-0.4, -0.2) is 48.1 Å². The number of nitrogens with zero attached hydrogens (tertiary/aromatic N) is 1. The van der Waals surface area contributed by atoms with Gasteiger partial charge in [0.25, 0.3) is 10.0 Å². The van der Waals surface area contributed by atoms with Gasteiger partial charge in [-0.1, -0.05) is 52.3 Å². The van der Waals surface area contributed by atoms with Crippen molar-refractivity contribution in [2.24, 2.45) is 52.3 Å². The lowest BCUT2D eigenvalue weighted by Gasteiger charge is -2.64. The summed E-state index contributed by atoms with van der Waals surface area (Å²) in [5.41, 5.74) is 0.318. The Morgan fingerprint density at radius 3 is 2.33 bits per heavy atom. The molecule has 1 amide bonds. The quantitative estimate of drug-likeness (QED) is 0.425. The number of amides is 1. The average molecular weight is 574 g/mol. The van der Waals surface area contributed by atoms with Crippen LogP contribution in [0.1, 0.15) is 91.9 Å². The lowest BCUT2D eigenvalue weighted by molar-refractivity contribution is -0.203. The molecule has 0 bridgehead atoms. The molecule has 4 fully saturated rings. The zero-order valence-electron chi connectivity index (χ0n) is 25.1. The van der Waals surface area contributed by atoms with Crippen molar-refractivity contribution in [3.05, 3.63) is 30.3 Å². The SMILES string of the molecule is CC[C@@H]1C2C[C@H](O)CCC2(C)[C@H]2CCC3(C)[C@@H]([C@H](C)CCC(=O)N(C)S(=O)(=O)c4ccccc4)CC[C@H]3C2[C@@H]1O. The molecule has 0 aromatic heterocycles. The smallest absolute Gasteiger partial charge is 0.266 e. The van der Waals surface area contributed by atoms with E-state index in [0.717, 1.165) is 55.7 Å². The summed E-state index contributed by atoms with van der Waals surface area (Å²) in [6, 6.07) is 8.15. The zero-order chi connectivity index (χ0) is 29.0. The highest BCUT2D eigenvalue weighted by Crippen LogP contribution is 2.69. The van der Waals surface area contributed by atoms with E-state index in [1.165, 1.54) is 19.2 Å². The van der Waals surface area contributed by atoms with Crippen LogP contribution >= 0.6 is 0 Å². The Kier molecular flexibility index (Phi) is 8.26. The van der Waals surface area contributed by atoms with Crippen LogP contribution in [0.2, 0.25) is 0 Å². The van der Waals surface area contributed by atoms with Gasteiger partial charge in [0.1, 0.15) is 0 Å². The second-order valence-electron chi connectivity index (χ2n) is 14.3. The molecule has 1 aromatic rings. The molecule has 4 aliphatic rings. The molecule has 0 spiro atoms. The fourth-order valence-corrected chi connectivity index (χ4v) is 11.7. The molecule has 0 saturated heterocycles. The number of carbonyl (C=O) groups is 1. The molecular weight excluding hydrogens is 522 g/mol. The standard InChI is InChI=1S/C33H51NO5S/c1-6-24-28-20-22(35)16-18-33(28,4)27-17-19-32(3)25(13-14-26(32)30(27)31(24)37)21(2)12-15-29(36)34(5)40(38,39)23-10-8-7-9-11-23/h7-11,21-22,24-28,30-31,35,37H,6,12-20H2,1-5H3/t21-,22-,24-,25-,26+,27+,28?,30?,31-,32?,33?/m1/s1. The first-order valence-corrected chi connectivity index (χ1v) is 17.2. The van der Waals surface area contributed by atoms with Gasteiger partial charge in [-0.15, -0.1) is 0 Å². The molecule has 2 N–H and O–H groups in total. The van der Waals surface area contributed by atoms with Crippen molar-refractivity contribution >= 4 is 15.9 Å². The number of aliphatic hydroxyl groups excluding tert-OH is 2. The van der Waals surface area contributed by atoms with E-state index in [-0.39, 0.29) is 46.2 Å². The Morgan fingerprint density at radius 2 is 1.65 bits per heavy atom.